The van der Waals surface area contributed by atoms with Gasteiger partial charge in [0, 0.05) is 26.5 Å². The summed E-state index contributed by atoms with van der Waals surface area (Å²) in [5.74, 6) is 1.96. The second kappa shape index (κ2) is 12.2. The molecule has 0 amide bonds. The van der Waals surface area contributed by atoms with Crippen molar-refractivity contribution in [3.8, 4) is 56.4 Å². The van der Waals surface area contributed by atoms with Crippen LogP contribution < -0.4 is 0 Å². The zero-order chi connectivity index (χ0) is 35.6. The van der Waals surface area contributed by atoms with Gasteiger partial charge in [-0.25, -0.2) is 15.0 Å². The molecule has 0 saturated carbocycles. The summed E-state index contributed by atoms with van der Waals surface area (Å²) in [5.41, 5.74) is 12.6. The van der Waals surface area contributed by atoms with Crippen LogP contribution in [0.5, 0.6) is 0 Å². The molecule has 54 heavy (non-hydrogen) atoms. The number of rotatable bonds is 4. The molecule has 2 heterocycles. The summed E-state index contributed by atoms with van der Waals surface area (Å²) in [7, 11) is 0. The zero-order valence-electron chi connectivity index (χ0n) is 29.1. The summed E-state index contributed by atoms with van der Waals surface area (Å²) in [6, 6.07) is 67.5. The molecule has 0 fully saturated rings. The molecule has 4 heteroatoms. The van der Waals surface area contributed by atoms with Crippen molar-refractivity contribution in [2.24, 2.45) is 0 Å². The van der Waals surface area contributed by atoms with Crippen LogP contribution in [0.4, 0.5) is 0 Å². The van der Waals surface area contributed by atoms with Crippen molar-refractivity contribution < 1.29 is 0 Å². The molecule has 1 spiro atoms. The molecule has 252 valence electrons. The minimum atomic E-state index is -0.468. The van der Waals surface area contributed by atoms with Gasteiger partial charge in [0.25, 0.3) is 0 Å². The lowest BCUT2D eigenvalue weighted by molar-refractivity contribution is 0.726. The van der Waals surface area contributed by atoms with Crippen LogP contribution in [0, 0.1) is 0 Å². The molecule has 0 radical (unpaired) electrons. The fourth-order valence-electron chi connectivity index (χ4n) is 8.59. The Balaban J connectivity index is 1.11. The van der Waals surface area contributed by atoms with Crippen LogP contribution in [0.15, 0.2) is 198 Å². The maximum Gasteiger partial charge on any atom is 0.164 e. The molecule has 11 rings (SSSR count). The third kappa shape index (κ3) is 4.67. The van der Waals surface area contributed by atoms with E-state index in [2.05, 4.69) is 127 Å². The monoisotopic (exact) mass is 705 g/mol. The summed E-state index contributed by atoms with van der Waals surface area (Å²) in [6.07, 6.45) is 0. The zero-order valence-corrected chi connectivity index (χ0v) is 30.0. The van der Waals surface area contributed by atoms with Crippen LogP contribution in [-0.2, 0) is 5.41 Å². The largest absolute Gasteiger partial charge is 0.208 e. The topological polar surface area (TPSA) is 38.7 Å². The van der Waals surface area contributed by atoms with Crippen LogP contribution in [0.3, 0.4) is 0 Å². The van der Waals surface area contributed by atoms with Gasteiger partial charge in [0.2, 0.25) is 0 Å². The van der Waals surface area contributed by atoms with Gasteiger partial charge in [0.1, 0.15) is 0 Å². The summed E-state index contributed by atoms with van der Waals surface area (Å²) in [4.78, 5) is 17.6. The fourth-order valence-corrected chi connectivity index (χ4v) is 9.89. The van der Waals surface area contributed by atoms with E-state index in [4.69, 9.17) is 15.0 Å². The number of aromatic nitrogens is 3. The molecule has 0 unspecified atom stereocenters. The van der Waals surface area contributed by atoms with Crippen molar-refractivity contribution >= 4 is 22.5 Å². The van der Waals surface area contributed by atoms with Crippen molar-refractivity contribution in [3.63, 3.8) is 0 Å². The molecule has 0 saturated heterocycles. The van der Waals surface area contributed by atoms with E-state index in [9.17, 15) is 0 Å². The lowest BCUT2D eigenvalue weighted by Crippen LogP contribution is -2.32. The molecule has 9 aromatic rings. The van der Waals surface area contributed by atoms with Crippen LogP contribution in [0.25, 0.3) is 67.2 Å². The Bertz CT molecular complexity index is 2820. The molecular formula is C50H31N3S. The molecule has 1 aromatic heterocycles. The SMILES string of the molecule is c1ccc(-c2nc(-c3ccccc3)nc(-c3cccc(-c4ccc5c(c4)C4(c6ccccc6-c6ccccc64)c4ccc6ccccc6c4S5)c3)n2)cc1. The predicted octanol–water partition coefficient (Wildman–Crippen LogP) is 12.5. The molecule has 2 aliphatic rings. The highest BCUT2D eigenvalue weighted by Crippen LogP contribution is 2.63. The highest BCUT2D eigenvalue weighted by atomic mass is 32.2. The van der Waals surface area contributed by atoms with Crippen LogP contribution >= 0.6 is 11.8 Å². The molecule has 0 N–H and O–H groups in total. The van der Waals surface area contributed by atoms with Gasteiger partial charge in [0.15, 0.2) is 17.5 Å². The third-order valence-corrected chi connectivity index (χ3v) is 12.2. The number of fused-ring (bicyclic) bond motifs is 11. The van der Waals surface area contributed by atoms with E-state index < -0.39 is 5.41 Å². The molecule has 0 atom stereocenters. The van der Waals surface area contributed by atoms with Gasteiger partial charge in [0.05, 0.1) is 5.41 Å². The van der Waals surface area contributed by atoms with Crippen LogP contribution in [0.1, 0.15) is 22.3 Å². The van der Waals surface area contributed by atoms with Gasteiger partial charge >= 0.3 is 0 Å². The Kier molecular flexibility index (Phi) is 7.01. The minimum Gasteiger partial charge on any atom is -0.208 e. The molecule has 0 bridgehead atoms. The summed E-state index contributed by atoms with van der Waals surface area (Å²) >= 11 is 1.90. The van der Waals surface area contributed by atoms with Crippen molar-refractivity contribution in [3.05, 3.63) is 210 Å². The van der Waals surface area contributed by atoms with E-state index in [-0.39, 0.29) is 0 Å². The summed E-state index contributed by atoms with van der Waals surface area (Å²) < 4.78 is 0. The standard InChI is InChI=1S/C50H31N3S/c1-3-15-33(16-4-1)47-51-48(34-17-5-2-6-18-34)53-49(52-47)37-20-13-19-35(30-37)36-27-29-45-44(31-36)50(43-28-26-32-14-7-8-21-38(32)46(43)54-45)41-24-11-9-22-39(41)40-23-10-12-25-42(40)50/h1-31H. The molecule has 1 aliphatic heterocycles. The normalized spacial score (nSPS) is 13.3. The first-order valence-corrected chi connectivity index (χ1v) is 19.1. The van der Waals surface area contributed by atoms with E-state index >= 15 is 0 Å². The Labute approximate surface area is 318 Å². The fraction of sp³-hybridized carbons (Fsp3) is 0.0200. The second-order valence-electron chi connectivity index (χ2n) is 13.9. The maximum absolute atomic E-state index is 5.04. The molecule has 8 aromatic carbocycles. The highest BCUT2D eigenvalue weighted by Gasteiger charge is 2.50. The summed E-state index contributed by atoms with van der Waals surface area (Å²) in [5, 5.41) is 2.56. The smallest absolute Gasteiger partial charge is 0.164 e. The van der Waals surface area contributed by atoms with Gasteiger partial charge in [-0.1, -0.05) is 182 Å². The van der Waals surface area contributed by atoms with Crippen molar-refractivity contribution in [1.29, 1.82) is 0 Å². The Hall–Kier alpha value is -6.62. The predicted molar refractivity (Wildman–Crippen MR) is 221 cm³/mol. The average Bonchev–Trinajstić information content (AvgIpc) is 3.54. The van der Waals surface area contributed by atoms with Crippen LogP contribution in [-0.4, -0.2) is 15.0 Å². The van der Waals surface area contributed by atoms with Crippen molar-refractivity contribution in [2.45, 2.75) is 15.2 Å². The first-order valence-electron chi connectivity index (χ1n) is 18.3. The average molecular weight is 706 g/mol. The number of nitrogens with zero attached hydrogens (tertiary/aromatic N) is 3. The van der Waals surface area contributed by atoms with E-state index in [1.165, 1.54) is 53.9 Å². The van der Waals surface area contributed by atoms with Gasteiger partial charge in [-0.15, -0.1) is 0 Å². The minimum absolute atomic E-state index is 0.468. The quantitative estimate of drug-likeness (QED) is 0.183. The lowest BCUT2D eigenvalue weighted by atomic mass is 9.66. The van der Waals surface area contributed by atoms with Gasteiger partial charge < -0.3 is 0 Å². The van der Waals surface area contributed by atoms with Crippen molar-refractivity contribution in [2.75, 3.05) is 0 Å². The maximum atomic E-state index is 5.04. The lowest BCUT2D eigenvalue weighted by Gasteiger charge is -2.40. The van der Waals surface area contributed by atoms with E-state index in [1.54, 1.807) is 0 Å². The second-order valence-corrected chi connectivity index (χ2v) is 15.0. The molecule has 1 aliphatic carbocycles. The van der Waals surface area contributed by atoms with E-state index in [1.807, 2.05) is 72.4 Å². The first-order chi connectivity index (χ1) is 26.8. The van der Waals surface area contributed by atoms with E-state index in [0.717, 1.165) is 27.8 Å². The Morgan fingerprint density at radius 3 is 1.57 bits per heavy atom. The molecule has 3 nitrogen and oxygen atoms in total. The Morgan fingerprint density at radius 1 is 0.352 bits per heavy atom. The Morgan fingerprint density at radius 2 is 0.889 bits per heavy atom. The van der Waals surface area contributed by atoms with Gasteiger partial charge in [-0.2, -0.15) is 0 Å². The molecular weight excluding hydrogens is 675 g/mol. The van der Waals surface area contributed by atoms with Crippen molar-refractivity contribution in [1.82, 2.24) is 15.0 Å². The third-order valence-electron chi connectivity index (χ3n) is 11.0. The number of hydrogen-bond donors (Lipinski definition) is 0. The van der Waals surface area contributed by atoms with Gasteiger partial charge in [-0.3, -0.25) is 0 Å². The van der Waals surface area contributed by atoms with Crippen LogP contribution in [0.2, 0.25) is 0 Å². The van der Waals surface area contributed by atoms with E-state index in [0.29, 0.717) is 17.5 Å². The summed E-state index contributed by atoms with van der Waals surface area (Å²) in [6.45, 7) is 0. The first kappa shape index (κ1) is 31.0. The van der Waals surface area contributed by atoms with Gasteiger partial charge in [-0.05, 0) is 73.5 Å². The number of benzene rings is 8. The number of hydrogen-bond acceptors (Lipinski definition) is 4. The highest BCUT2D eigenvalue weighted by molar-refractivity contribution is 7.99.